The Labute approximate surface area is 171 Å². The Hall–Kier alpha value is -3.21. The summed E-state index contributed by atoms with van der Waals surface area (Å²) in [5.74, 6) is 2.45. The van der Waals surface area contributed by atoms with E-state index in [-0.39, 0.29) is 5.91 Å². The quantitative estimate of drug-likeness (QED) is 0.567. The molecule has 0 heterocycles. The molecule has 1 amide bonds. The normalized spacial score (nSPS) is 10.6. The Morgan fingerprint density at radius 3 is 2.21 bits per heavy atom. The van der Waals surface area contributed by atoms with Crippen molar-refractivity contribution in [3.63, 3.8) is 0 Å². The van der Waals surface area contributed by atoms with Crippen LogP contribution < -0.4 is 14.2 Å². The molecule has 5 heteroatoms. The molecule has 0 atom stereocenters. The van der Waals surface area contributed by atoms with Crippen molar-refractivity contribution in [3.8, 4) is 17.2 Å². The van der Waals surface area contributed by atoms with Gasteiger partial charge in [0, 0.05) is 20.0 Å². The Morgan fingerprint density at radius 1 is 0.828 bits per heavy atom. The topological polar surface area (TPSA) is 48.0 Å². The van der Waals surface area contributed by atoms with Gasteiger partial charge in [0.25, 0.3) is 0 Å². The van der Waals surface area contributed by atoms with Gasteiger partial charge in [-0.25, -0.2) is 0 Å². The monoisotopic (exact) mass is 393 g/mol. The van der Waals surface area contributed by atoms with Gasteiger partial charge in [0.1, 0.15) is 17.2 Å². The summed E-state index contributed by atoms with van der Waals surface area (Å²) >= 11 is 0. The number of benzene rings is 3. The molecular formula is C24H27NO4. The van der Waals surface area contributed by atoms with E-state index in [1.807, 2.05) is 43.4 Å². The lowest BCUT2D eigenvalue weighted by Gasteiger charge is -2.18. The Bertz CT molecular complexity index is 999. The molecule has 3 aromatic carbocycles. The van der Waals surface area contributed by atoms with Crippen LogP contribution in [0.25, 0.3) is 10.8 Å². The van der Waals surface area contributed by atoms with Crippen molar-refractivity contribution in [2.24, 2.45) is 0 Å². The number of hydrogen-bond acceptors (Lipinski definition) is 4. The number of fused-ring (bicyclic) bond motifs is 1. The number of amides is 1. The van der Waals surface area contributed by atoms with Crippen molar-refractivity contribution in [1.82, 2.24) is 4.90 Å². The lowest BCUT2D eigenvalue weighted by atomic mass is 10.1. The van der Waals surface area contributed by atoms with Gasteiger partial charge in [-0.2, -0.15) is 0 Å². The van der Waals surface area contributed by atoms with E-state index in [2.05, 4.69) is 18.2 Å². The smallest absolute Gasteiger partial charge is 0.222 e. The molecule has 3 rings (SSSR count). The number of ether oxygens (including phenoxy) is 3. The Balaban J connectivity index is 1.64. The average Bonchev–Trinajstić information content (AvgIpc) is 2.76. The van der Waals surface area contributed by atoms with Gasteiger partial charge in [0.2, 0.25) is 5.91 Å². The first-order valence-electron chi connectivity index (χ1n) is 9.55. The van der Waals surface area contributed by atoms with E-state index in [0.29, 0.717) is 19.4 Å². The fourth-order valence-electron chi connectivity index (χ4n) is 3.37. The summed E-state index contributed by atoms with van der Waals surface area (Å²) in [6, 6.07) is 17.9. The second-order valence-corrected chi connectivity index (χ2v) is 6.98. The van der Waals surface area contributed by atoms with Crippen molar-refractivity contribution in [1.29, 1.82) is 0 Å². The molecule has 3 aromatic rings. The van der Waals surface area contributed by atoms with Crippen molar-refractivity contribution in [2.75, 3.05) is 28.4 Å². The molecule has 0 unspecified atom stereocenters. The molecule has 0 saturated carbocycles. The molecular weight excluding hydrogens is 366 g/mol. The van der Waals surface area contributed by atoms with Crippen LogP contribution in [-0.4, -0.2) is 39.2 Å². The van der Waals surface area contributed by atoms with Crippen LogP contribution in [0.4, 0.5) is 0 Å². The number of rotatable bonds is 8. The first-order valence-corrected chi connectivity index (χ1v) is 9.55. The standard InChI is InChI=1S/C24H27NO4/c1-25(16-17-5-6-19-14-21(27-2)9-7-18(19)13-17)24(26)12-8-20-15-22(28-3)10-11-23(20)29-4/h5-7,9-11,13-15H,8,12,16H2,1-4H3. The molecule has 0 fully saturated rings. The third kappa shape index (κ3) is 4.99. The summed E-state index contributed by atoms with van der Waals surface area (Å²) in [4.78, 5) is 14.4. The maximum Gasteiger partial charge on any atom is 0.222 e. The number of carbonyl (C=O) groups excluding carboxylic acids is 1. The Morgan fingerprint density at radius 2 is 1.48 bits per heavy atom. The predicted octanol–water partition coefficient (Wildman–Crippen LogP) is 4.46. The molecule has 5 nitrogen and oxygen atoms in total. The summed E-state index contributed by atoms with van der Waals surface area (Å²) in [6.07, 6.45) is 1.01. The number of nitrogens with zero attached hydrogens (tertiary/aromatic N) is 1. The van der Waals surface area contributed by atoms with Gasteiger partial charge >= 0.3 is 0 Å². The summed E-state index contributed by atoms with van der Waals surface area (Å²) in [5.41, 5.74) is 2.06. The van der Waals surface area contributed by atoms with E-state index in [4.69, 9.17) is 14.2 Å². The fourth-order valence-corrected chi connectivity index (χ4v) is 3.37. The van der Waals surface area contributed by atoms with Gasteiger partial charge in [-0.3, -0.25) is 4.79 Å². The van der Waals surface area contributed by atoms with E-state index >= 15 is 0 Å². The predicted molar refractivity (Wildman–Crippen MR) is 115 cm³/mol. The summed E-state index contributed by atoms with van der Waals surface area (Å²) in [6.45, 7) is 0.566. The highest BCUT2D eigenvalue weighted by atomic mass is 16.5. The van der Waals surface area contributed by atoms with Crippen LogP contribution in [-0.2, 0) is 17.8 Å². The van der Waals surface area contributed by atoms with Crippen LogP contribution in [0, 0.1) is 0 Å². The number of methoxy groups -OCH3 is 3. The minimum Gasteiger partial charge on any atom is -0.497 e. The number of carbonyl (C=O) groups is 1. The zero-order valence-corrected chi connectivity index (χ0v) is 17.4. The van der Waals surface area contributed by atoms with Crippen molar-refractivity contribution >= 4 is 16.7 Å². The van der Waals surface area contributed by atoms with Gasteiger partial charge < -0.3 is 19.1 Å². The molecule has 152 valence electrons. The van der Waals surface area contributed by atoms with Crippen LogP contribution in [0.15, 0.2) is 54.6 Å². The first kappa shape index (κ1) is 20.5. The van der Waals surface area contributed by atoms with Crippen LogP contribution in [0.5, 0.6) is 17.2 Å². The van der Waals surface area contributed by atoms with E-state index in [9.17, 15) is 4.79 Å². The lowest BCUT2D eigenvalue weighted by molar-refractivity contribution is -0.130. The highest BCUT2D eigenvalue weighted by molar-refractivity contribution is 5.84. The molecule has 0 aliphatic heterocycles. The van der Waals surface area contributed by atoms with Crippen LogP contribution in [0.2, 0.25) is 0 Å². The third-order valence-electron chi connectivity index (χ3n) is 5.05. The van der Waals surface area contributed by atoms with Crippen LogP contribution in [0.3, 0.4) is 0 Å². The van der Waals surface area contributed by atoms with Crippen LogP contribution >= 0.6 is 0 Å². The zero-order valence-electron chi connectivity index (χ0n) is 17.4. The lowest BCUT2D eigenvalue weighted by Crippen LogP contribution is -2.26. The minimum atomic E-state index is 0.0877. The average molecular weight is 393 g/mol. The molecule has 29 heavy (non-hydrogen) atoms. The van der Waals surface area contributed by atoms with Crippen molar-refractivity contribution < 1.29 is 19.0 Å². The maximum atomic E-state index is 12.7. The molecule has 0 bridgehead atoms. The maximum absolute atomic E-state index is 12.7. The van der Waals surface area contributed by atoms with Gasteiger partial charge in [-0.05, 0) is 64.7 Å². The van der Waals surface area contributed by atoms with E-state index in [0.717, 1.165) is 39.1 Å². The Kier molecular flexibility index (Phi) is 6.60. The summed E-state index contributed by atoms with van der Waals surface area (Å²) in [7, 11) is 6.76. The SMILES string of the molecule is COc1ccc(OC)c(CCC(=O)N(C)Cc2ccc3cc(OC)ccc3c2)c1. The largest absolute Gasteiger partial charge is 0.497 e. The van der Waals surface area contributed by atoms with Gasteiger partial charge in [0.15, 0.2) is 0 Å². The molecule has 0 saturated heterocycles. The van der Waals surface area contributed by atoms with E-state index in [1.165, 1.54) is 0 Å². The number of aryl methyl sites for hydroxylation is 1. The summed E-state index contributed by atoms with van der Waals surface area (Å²) in [5, 5.41) is 2.25. The van der Waals surface area contributed by atoms with E-state index in [1.54, 1.807) is 26.2 Å². The highest BCUT2D eigenvalue weighted by Crippen LogP contribution is 2.26. The highest BCUT2D eigenvalue weighted by Gasteiger charge is 2.13. The second-order valence-electron chi connectivity index (χ2n) is 6.98. The summed E-state index contributed by atoms with van der Waals surface area (Å²) < 4.78 is 16.0. The zero-order chi connectivity index (χ0) is 20.8. The minimum absolute atomic E-state index is 0.0877. The van der Waals surface area contributed by atoms with Gasteiger partial charge in [-0.1, -0.05) is 18.2 Å². The van der Waals surface area contributed by atoms with E-state index < -0.39 is 0 Å². The molecule has 0 aliphatic rings. The molecule has 0 aliphatic carbocycles. The van der Waals surface area contributed by atoms with Crippen molar-refractivity contribution in [3.05, 3.63) is 65.7 Å². The molecule has 0 radical (unpaired) electrons. The molecule has 0 spiro atoms. The van der Waals surface area contributed by atoms with Gasteiger partial charge in [0.05, 0.1) is 21.3 Å². The molecule has 0 N–H and O–H groups in total. The van der Waals surface area contributed by atoms with Crippen molar-refractivity contribution in [2.45, 2.75) is 19.4 Å². The first-order chi connectivity index (χ1) is 14.0. The van der Waals surface area contributed by atoms with Gasteiger partial charge in [-0.15, -0.1) is 0 Å². The second kappa shape index (κ2) is 9.32. The molecule has 0 aromatic heterocycles. The number of hydrogen-bond donors (Lipinski definition) is 0. The van der Waals surface area contributed by atoms with Crippen LogP contribution in [0.1, 0.15) is 17.5 Å². The fraction of sp³-hybridized carbons (Fsp3) is 0.292. The third-order valence-corrected chi connectivity index (χ3v) is 5.05.